The first-order valence-electron chi connectivity index (χ1n) is 7.36. The lowest BCUT2D eigenvalue weighted by molar-refractivity contribution is -0.130. The maximum atomic E-state index is 12.5. The molecule has 0 radical (unpaired) electrons. The molecular weight excluding hydrogens is 234 g/mol. The van der Waals surface area contributed by atoms with Crippen molar-refractivity contribution in [2.45, 2.75) is 38.6 Å². The summed E-state index contributed by atoms with van der Waals surface area (Å²) in [5.74, 6) is 0.529. The number of allylic oxidation sites excluding steroid dienone is 1. The van der Waals surface area contributed by atoms with E-state index in [2.05, 4.69) is 18.2 Å². The molecule has 2 nitrogen and oxygen atoms in total. The Labute approximate surface area is 115 Å². The molecule has 0 bridgehead atoms. The summed E-state index contributed by atoms with van der Waals surface area (Å²) in [6, 6.07) is 10.3. The summed E-state index contributed by atoms with van der Waals surface area (Å²) in [6.07, 6.45) is 8.18. The zero-order chi connectivity index (χ0) is 13.1. The van der Waals surface area contributed by atoms with Crippen LogP contribution in [0.3, 0.4) is 0 Å². The minimum Gasteiger partial charge on any atom is -0.338 e. The Morgan fingerprint density at radius 3 is 2.74 bits per heavy atom. The van der Waals surface area contributed by atoms with Crippen LogP contribution in [0.15, 0.2) is 42.0 Å². The number of benzene rings is 1. The van der Waals surface area contributed by atoms with E-state index in [4.69, 9.17) is 0 Å². The summed E-state index contributed by atoms with van der Waals surface area (Å²) in [6.45, 7) is 1.68. The molecule has 1 aliphatic heterocycles. The molecule has 1 unspecified atom stereocenters. The van der Waals surface area contributed by atoms with Crippen molar-refractivity contribution in [3.63, 3.8) is 0 Å². The summed E-state index contributed by atoms with van der Waals surface area (Å²) in [5.41, 5.74) is 2.64. The van der Waals surface area contributed by atoms with Gasteiger partial charge in [-0.1, -0.05) is 42.0 Å². The second kappa shape index (κ2) is 5.60. The van der Waals surface area contributed by atoms with E-state index in [1.807, 2.05) is 23.1 Å². The van der Waals surface area contributed by atoms with Gasteiger partial charge >= 0.3 is 0 Å². The Morgan fingerprint density at radius 2 is 2.00 bits per heavy atom. The lowest BCUT2D eigenvalue weighted by Gasteiger charge is -2.20. The Kier molecular flexibility index (Phi) is 3.67. The van der Waals surface area contributed by atoms with Crippen LogP contribution >= 0.6 is 0 Å². The van der Waals surface area contributed by atoms with E-state index in [9.17, 15) is 4.79 Å². The molecule has 2 heteroatoms. The number of carbonyl (C=O) groups is 1. The Bertz CT molecular complexity index is 477. The highest BCUT2D eigenvalue weighted by Gasteiger charge is 2.33. The first-order valence-corrected chi connectivity index (χ1v) is 7.36. The summed E-state index contributed by atoms with van der Waals surface area (Å²) in [4.78, 5) is 14.5. The van der Waals surface area contributed by atoms with Crippen LogP contribution in [0.4, 0.5) is 0 Å². The number of carbonyl (C=O) groups excluding carboxylic acids is 1. The highest BCUT2D eigenvalue weighted by atomic mass is 16.2. The molecule has 0 N–H and O–H groups in total. The van der Waals surface area contributed by atoms with E-state index in [1.54, 1.807) is 0 Å². The predicted octanol–water partition coefficient (Wildman–Crippen LogP) is 3.54. The van der Waals surface area contributed by atoms with Crippen LogP contribution in [0.1, 0.15) is 37.7 Å². The van der Waals surface area contributed by atoms with E-state index in [-0.39, 0.29) is 5.92 Å². The zero-order valence-electron chi connectivity index (χ0n) is 11.3. The van der Waals surface area contributed by atoms with Gasteiger partial charge in [0.2, 0.25) is 5.91 Å². The van der Waals surface area contributed by atoms with Crippen LogP contribution in [0.5, 0.6) is 0 Å². The van der Waals surface area contributed by atoms with Crippen molar-refractivity contribution in [2.75, 3.05) is 6.54 Å². The Hall–Kier alpha value is -1.57. The maximum Gasteiger partial charge on any atom is 0.230 e. The molecule has 1 atom stereocenters. The fraction of sp³-hybridized carbons (Fsp3) is 0.471. The summed E-state index contributed by atoms with van der Waals surface area (Å²) in [7, 11) is 0. The van der Waals surface area contributed by atoms with Gasteiger partial charge in [-0.3, -0.25) is 4.79 Å². The van der Waals surface area contributed by atoms with Crippen LogP contribution in [0, 0.1) is 5.92 Å². The van der Waals surface area contributed by atoms with Crippen molar-refractivity contribution in [1.82, 2.24) is 4.90 Å². The van der Waals surface area contributed by atoms with Crippen molar-refractivity contribution >= 4 is 5.91 Å². The fourth-order valence-corrected chi connectivity index (χ4v) is 3.22. The Balaban J connectivity index is 1.67. The van der Waals surface area contributed by atoms with Gasteiger partial charge in [-0.2, -0.15) is 0 Å². The van der Waals surface area contributed by atoms with Gasteiger partial charge in [0.15, 0.2) is 0 Å². The number of amides is 1. The number of hydrogen-bond donors (Lipinski definition) is 0. The molecule has 1 aromatic rings. The lowest BCUT2D eigenvalue weighted by Crippen LogP contribution is -2.27. The van der Waals surface area contributed by atoms with Gasteiger partial charge in [-0.15, -0.1) is 0 Å². The molecule has 1 aromatic carbocycles. The molecule has 0 saturated carbocycles. The third-order valence-electron chi connectivity index (χ3n) is 4.29. The van der Waals surface area contributed by atoms with Crippen LogP contribution in [0.25, 0.3) is 0 Å². The highest BCUT2D eigenvalue weighted by Crippen LogP contribution is 2.32. The quantitative estimate of drug-likeness (QED) is 0.757. The third-order valence-corrected chi connectivity index (χ3v) is 4.29. The van der Waals surface area contributed by atoms with Gasteiger partial charge in [0.25, 0.3) is 0 Å². The molecule has 1 saturated heterocycles. The normalized spacial score (nSPS) is 23.6. The third kappa shape index (κ3) is 2.73. The highest BCUT2D eigenvalue weighted by molar-refractivity contribution is 5.83. The minimum absolute atomic E-state index is 0.184. The second-order valence-corrected chi connectivity index (χ2v) is 5.61. The number of likely N-dealkylation sites (tertiary alicyclic amines) is 1. The van der Waals surface area contributed by atoms with E-state index >= 15 is 0 Å². The van der Waals surface area contributed by atoms with E-state index < -0.39 is 0 Å². The van der Waals surface area contributed by atoms with E-state index in [1.165, 1.54) is 24.0 Å². The van der Waals surface area contributed by atoms with Crippen molar-refractivity contribution in [3.8, 4) is 0 Å². The van der Waals surface area contributed by atoms with Gasteiger partial charge in [-0.05, 0) is 37.7 Å². The van der Waals surface area contributed by atoms with Gasteiger partial charge in [-0.25, -0.2) is 0 Å². The molecule has 0 spiro atoms. The molecule has 1 heterocycles. The molecule has 19 heavy (non-hydrogen) atoms. The van der Waals surface area contributed by atoms with Gasteiger partial charge in [0.05, 0.1) is 5.92 Å². The lowest BCUT2D eigenvalue weighted by atomic mass is 9.88. The van der Waals surface area contributed by atoms with Crippen LogP contribution < -0.4 is 0 Å². The summed E-state index contributed by atoms with van der Waals surface area (Å²) in [5, 5.41) is 0. The van der Waals surface area contributed by atoms with Crippen LogP contribution in [-0.2, 0) is 11.3 Å². The largest absolute Gasteiger partial charge is 0.338 e. The van der Waals surface area contributed by atoms with Crippen LogP contribution in [0.2, 0.25) is 0 Å². The molecule has 2 aliphatic rings. The number of hydrogen-bond acceptors (Lipinski definition) is 1. The average molecular weight is 255 g/mol. The number of rotatable bonds is 3. The number of nitrogens with zero attached hydrogens (tertiary/aromatic N) is 1. The molecule has 0 aromatic heterocycles. The first-order chi connectivity index (χ1) is 9.34. The first kappa shape index (κ1) is 12.5. The molecule has 1 aliphatic carbocycles. The molecule has 1 amide bonds. The molecule has 3 rings (SSSR count). The van der Waals surface area contributed by atoms with E-state index in [0.717, 1.165) is 32.4 Å². The topological polar surface area (TPSA) is 20.3 Å². The van der Waals surface area contributed by atoms with E-state index in [0.29, 0.717) is 5.91 Å². The minimum atomic E-state index is 0.184. The second-order valence-electron chi connectivity index (χ2n) is 5.61. The van der Waals surface area contributed by atoms with Gasteiger partial charge in [0.1, 0.15) is 0 Å². The standard InChI is InChI=1S/C17H21NO/c19-17-16(15-9-5-2-6-10-15)11-12-18(17)13-14-7-3-1-4-8-14/h1,3-4,7-9,16H,2,5-6,10-13H2. The fourth-order valence-electron chi connectivity index (χ4n) is 3.22. The SMILES string of the molecule is O=C1C(C2=CCCCC2)CCN1Cc1ccccc1. The van der Waals surface area contributed by atoms with Crippen molar-refractivity contribution in [1.29, 1.82) is 0 Å². The zero-order valence-corrected chi connectivity index (χ0v) is 11.3. The van der Waals surface area contributed by atoms with Crippen molar-refractivity contribution in [3.05, 3.63) is 47.5 Å². The smallest absolute Gasteiger partial charge is 0.230 e. The average Bonchev–Trinajstić information content (AvgIpc) is 2.82. The molecular formula is C17H21NO. The van der Waals surface area contributed by atoms with Crippen molar-refractivity contribution in [2.24, 2.45) is 5.92 Å². The van der Waals surface area contributed by atoms with Crippen molar-refractivity contribution < 1.29 is 4.79 Å². The monoisotopic (exact) mass is 255 g/mol. The summed E-state index contributed by atoms with van der Waals surface area (Å²) >= 11 is 0. The van der Waals surface area contributed by atoms with Crippen LogP contribution in [-0.4, -0.2) is 17.4 Å². The summed E-state index contributed by atoms with van der Waals surface area (Å²) < 4.78 is 0. The molecule has 1 fully saturated rings. The maximum absolute atomic E-state index is 12.5. The van der Waals surface area contributed by atoms with Gasteiger partial charge < -0.3 is 4.90 Å². The molecule has 100 valence electrons. The predicted molar refractivity (Wildman–Crippen MR) is 76.5 cm³/mol. The Morgan fingerprint density at radius 1 is 1.16 bits per heavy atom. The van der Waals surface area contributed by atoms with Gasteiger partial charge in [0, 0.05) is 13.1 Å².